The normalized spacial score (nSPS) is 20.3. The smallest absolute Gasteiger partial charge is 0.142 e. The molecule has 0 amide bonds. The second-order valence-electron chi connectivity index (χ2n) is 3.41. The lowest BCUT2D eigenvalue weighted by molar-refractivity contribution is 0.378. The second-order valence-corrected chi connectivity index (χ2v) is 3.82. The largest absolute Gasteiger partial charge is 0.495 e. The van der Waals surface area contributed by atoms with Crippen molar-refractivity contribution in [2.24, 2.45) is 0 Å². The summed E-state index contributed by atoms with van der Waals surface area (Å²) >= 11 is 6.09. The zero-order valence-electron chi connectivity index (χ0n) is 8.01. The van der Waals surface area contributed by atoms with Crippen LogP contribution in [-0.4, -0.2) is 13.7 Å². The van der Waals surface area contributed by atoms with E-state index < -0.39 is 0 Å². The molecule has 1 heterocycles. The molecule has 14 heavy (non-hydrogen) atoms. The second kappa shape index (κ2) is 3.67. The molecule has 0 aromatic heterocycles. The fraction of sp³-hybridized carbons (Fsp3) is 0.400. The Morgan fingerprint density at radius 2 is 2.29 bits per heavy atom. The van der Waals surface area contributed by atoms with Gasteiger partial charge >= 0.3 is 0 Å². The quantitative estimate of drug-likeness (QED) is 0.737. The van der Waals surface area contributed by atoms with Crippen molar-refractivity contribution in [2.75, 3.05) is 19.4 Å². The topological polar surface area (TPSA) is 47.3 Å². The predicted octanol–water partition coefficient (Wildman–Crippen LogP) is 1.97. The fourth-order valence-corrected chi connectivity index (χ4v) is 1.89. The van der Waals surface area contributed by atoms with Gasteiger partial charge in [0.05, 0.1) is 12.8 Å². The summed E-state index contributed by atoms with van der Waals surface area (Å²) in [5.74, 6) is 0.693. The van der Waals surface area contributed by atoms with Gasteiger partial charge in [0, 0.05) is 11.1 Å². The summed E-state index contributed by atoms with van der Waals surface area (Å²) in [5, 5.41) is 4.00. The van der Waals surface area contributed by atoms with E-state index in [0.717, 1.165) is 18.5 Å². The lowest BCUT2D eigenvalue weighted by Crippen LogP contribution is -2.35. The number of nitrogen functional groups attached to an aromatic ring is 1. The summed E-state index contributed by atoms with van der Waals surface area (Å²) in [6.45, 7) is 1.05. The Balaban J connectivity index is 2.38. The van der Waals surface area contributed by atoms with Crippen molar-refractivity contribution in [3.8, 4) is 5.75 Å². The summed E-state index contributed by atoms with van der Waals surface area (Å²) < 4.78 is 5.15. The Kier molecular flexibility index (Phi) is 2.52. The van der Waals surface area contributed by atoms with Crippen molar-refractivity contribution in [1.82, 2.24) is 5.32 Å². The van der Waals surface area contributed by atoms with E-state index in [9.17, 15) is 0 Å². The lowest BCUT2D eigenvalue weighted by atomic mass is 9.97. The molecule has 0 saturated carbocycles. The molecule has 3 nitrogen and oxygen atoms in total. The third kappa shape index (κ3) is 1.53. The number of ether oxygens (including phenoxy) is 1. The molecule has 76 valence electrons. The number of halogens is 1. The molecule has 1 saturated heterocycles. The molecule has 1 aromatic rings. The van der Waals surface area contributed by atoms with Gasteiger partial charge in [-0.05, 0) is 30.7 Å². The summed E-state index contributed by atoms with van der Waals surface area (Å²) in [7, 11) is 1.61. The van der Waals surface area contributed by atoms with Gasteiger partial charge in [-0.1, -0.05) is 11.6 Å². The first-order valence-electron chi connectivity index (χ1n) is 4.58. The molecule has 1 fully saturated rings. The number of methoxy groups -OCH3 is 1. The summed E-state index contributed by atoms with van der Waals surface area (Å²) in [6, 6.07) is 4.02. The zero-order chi connectivity index (χ0) is 10.1. The highest BCUT2D eigenvalue weighted by Crippen LogP contribution is 2.35. The first-order chi connectivity index (χ1) is 6.72. The number of nitrogens with one attached hydrogen (secondary N) is 1. The number of benzene rings is 1. The number of hydrogen-bond donors (Lipinski definition) is 2. The summed E-state index contributed by atoms with van der Waals surface area (Å²) in [4.78, 5) is 0. The highest BCUT2D eigenvalue weighted by Gasteiger charge is 2.22. The molecule has 1 aliphatic heterocycles. The van der Waals surface area contributed by atoms with E-state index in [2.05, 4.69) is 5.32 Å². The van der Waals surface area contributed by atoms with E-state index in [4.69, 9.17) is 22.1 Å². The van der Waals surface area contributed by atoms with Gasteiger partial charge in [-0.25, -0.2) is 0 Å². The van der Waals surface area contributed by atoms with E-state index >= 15 is 0 Å². The molecule has 1 aliphatic rings. The Hall–Kier alpha value is -0.930. The van der Waals surface area contributed by atoms with Crippen molar-refractivity contribution in [3.63, 3.8) is 0 Å². The minimum atomic E-state index is 0.358. The van der Waals surface area contributed by atoms with Gasteiger partial charge in [0.2, 0.25) is 0 Å². The molecule has 0 aliphatic carbocycles. The van der Waals surface area contributed by atoms with Crippen LogP contribution in [0.25, 0.3) is 0 Å². The van der Waals surface area contributed by atoms with Gasteiger partial charge in [-0.2, -0.15) is 0 Å². The Labute approximate surface area is 88.2 Å². The van der Waals surface area contributed by atoms with Gasteiger partial charge in [0.25, 0.3) is 0 Å². The molecule has 1 atom stereocenters. The van der Waals surface area contributed by atoms with Crippen LogP contribution in [0.4, 0.5) is 5.69 Å². The minimum Gasteiger partial charge on any atom is -0.495 e. The lowest BCUT2D eigenvalue weighted by Gasteiger charge is -2.29. The summed E-state index contributed by atoms with van der Waals surface area (Å²) in [5.41, 5.74) is 7.39. The minimum absolute atomic E-state index is 0.358. The van der Waals surface area contributed by atoms with Crippen LogP contribution in [0, 0.1) is 0 Å². The van der Waals surface area contributed by atoms with Crippen LogP contribution in [0.3, 0.4) is 0 Å². The van der Waals surface area contributed by atoms with Crippen LogP contribution >= 0.6 is 11.6 Å². The van der Waals surface area contributed by atoms with Gasteiger partial charge in [-0.15, -0.1) is 0 Å². The maximum Gasteiger partial charge on any atom is 0.142 e. The fourth-order valence-electron chi connectivity index (χ4n) is 1.58. The van der Waals surface area contributed by atoms with E-state index in [0.29, 0.717) is 22.5 Å². The highest BCUT2D eigenvalue weighted by molar-refractivity contribution is 6.31. The molecule has 0 spiro atoms. The molecule has 2 rings (SSSR count). The van der Waals surface area contributed by atoms with Crippen LogP contribution in [0.2, 0.25) is 5.02 Å². The molecule has 0 unspecified atom stereocenters. The van der Waals surface area contributed by atoms with Crippen molar-refractivity contribution < 1.29 is 4.74 Å². The van der Waals surface area contributed by atoms with Gasteiger partial charge < -0.3 is 15.8 Å². The Morgan fingerprint density at radius 3 is 2.79 bits per heavy atom. The maximum atomic E-state index is 6.09. The zero-order valence-corrected chi connectivity index (χ0v) is 8.77. The van der Waals surface area contributed by atoms with Crippen LogP contribution in [0.1, 0.15) is 18.0 Å². The first-order valence-corrected chi connectivity index (χ1v) is 4.96. The molecule has 3 N–H and O–H groups in total. The van der Waals surface area contributed by atoms with Crippen LogP contribution < -0.4 is 15.8 Å². The molecule has 1 aromatic carbocycles. The van der Waals surface area contributed by atoms with Crippen LogP contribution in [0.5, 0.6) is 5.75 Å². The van der Waals surface area contributed by atoms with Crippen molar-refractivity contribution in [3.05, 3.63) is 22.7 Å². The SMILES string of the molecule is COc1cc([C@@H]2CCN2)c(Cl)cc1N. The molecular formula is C10H13ClN2O. The molecule has 0 bridgehead atoms. The van der Waals surface area contributed by atoms with E-state index in [1.54, 1.807) is 13.2 Å². The number of rotatable bonds is 2. The highest BCUT2D eigenvalue weighted by atomic mass is 35.5. The molecule has 4 heteroatoms. The van der Waals surface area contributed by atoms with Crippen LogP contribution in [0.15, 0.2) is 12.1 Å². The third-order valence-electron chi connectivity index (χ3n) is 2.55. The van der Waals surface area contributed by atoms with Crippen molar-refractivity contribution >= 4 is 17.3 Å². The van der Waals surface area contributed by atoms with Gasteiger partial charge in [0.1, 0.15) is 5.75 Å². The molecular weight excluding hydrogens is 200 g/mol. The summed E-state index contributed by atoms with van der Waals surface area (Å²) in [6.07, 6.45) is 1.12. The Morgan fingerprint density at radius 1 is 1.57 bits per heavy atom. The monoisotopic (exact) mass is 212 g/mol. The number of hydrogen-bond acceptors (Lipinski definition) is 3. The number of anilines is 1. The average Bonchev–Trinajstić information content (AvgIpc) is 2.06. The predicted molar refractivity (Wildman–Crippen MR) is 57.8 cm³/mol. The number of nitrogens with two attached hydrogens (primary N) is 1. The van der Waals surface area contributed by atoms with E-state index in [1.807, 2.05) is 6.07 Å². The van der Waals surface area contributed by atoms with Crippen molar-refractivity contribution in [1.29, 1.82) is 0 Å². The Bertz CT molecular complexity index is 350. The van der Waals surface area contributed by atoms with Gasteiger partial charge in [0.15, 0.2) is 0 Å². The van der Waals surface area contributed by atoms with Crippen LogP contribution in [-0.2, 0) is 0 Å². The standard InChI is InChI=1S/C10H13ClN2O/c1-14-10-4-6(9-2-3-13-9)7(11)5-8(10)12/h4-5,9,13H,2-3,12H2,1H3/t9-/m0/s1. The van der Waals surface area contributed by atoms with Crippen molar-refractivity contribution in [2.45, 2.75) is 12.5 Å². The molecule has 0 radical (unpaired) electrons. The average molecular weight is 213 g/mol. The third-order valence-corrected chi connectivity index (χ3v) is 2.88. The first kappa shape index (κ1) is 9.62. The van der Waals surface area contributed by atoms with Gasteiger partial charge in [-0.3, -0.25) is 0 Å². The van der Waals surface area contributed by atoms with E-state index in [1.165, 1.54) is 0 Å². The van der Waals surface area contributed by atoms with E-state index in [-0.39, 0.29) is 0 Å². The maximum absolute atomic E-state index is 6.09.